The highest BCUT2D eigenvalue weighted by molar-refractivity contribution is 5.90. The Labute approximate surface area is 137 Å². The molecule has 1 aromatic carbocycles. The van der Waals surface area contributed by atoms with E-state index in [-0.39, 0.29) is 23.8 Å². The van der Waals surface area contributed by atoms with E-state index in [1.165, 1.54) is 0 Å². The predicted molar refractivity (Wildman–Crippen MR) is 87.9 cm³/mol. The maximum Gasteiger partial charge on any atom is 0.339 e. The number of para-hydroxylation sites is 1. The molecule has 0 aromatic heterocycles. The molecule has 1 aromatic rings. The third-order valence-corrected chi connectivity index (χ3v) is 3.75. The molecule has 4 nitrogen and oxygen atoms in total. The Morgan fingerprint density at radius 3 is 2.35 bits per heavy atom. The van der Waals surface area contributed by atoms with Gasteiger partial charge in [-0.3, -0.25) is 4.79 Å². The van der Waals surface area contributed by atoms with Gasteiger partial charge in [-0.25, -0.2) is 4.79 Å². The minimum atomic E-state index is -0.493. The van der Waals surface area contributed by atoms with E-state index in [1.807, 2.05) is 52.0 Å². The van der Waals surface area contributed by atoms with Gasteiger partial charge in [-0.2, -0.15) is 0 Å². The van der Waals surface area contributed by atoms with Crippen LogP contribution in [0.4, 0.5) is 0 Å². The highest BCUT2D eigenvalue weighted by Crippen LogP contribution is 2.31. The van der Waals surface area contributed by atoms with Crippen molar-refractivity contribution in [3.05, 3.63) is 42.0 Å². The van der Waals surface area contributed by atoms with E-state index in [2.05, 4.69) is 0 Å². The van der Waals surface area contributed by atoms with E-state index in [9.17, 15) is 9.59 Å². The van der Waals surface area contributed by atoms with Crippen molar-refractivity contribution in [2.75, 3.05) is 0 Å². The van der Waals surface area contributed by atoms with Gasteiger partial charge in [0.1, 0.15) is 11.4 Å². The van der Waals surface area contributed by atoms with Crippen molar-refractivity contribution in [1.82, 2.24) is 0 Å². The fraction of sp³-hybridized carbons (Fsp3) is 0.474. The molecule has 0 aliphatic heterocycles. The second-order valence-corrected chi connectivity index (χ2v) is 6.93. The molecular weight excluding hydrogens is 292 g/mol. The molecule has 1 aliphatic carbocycles. The summed E-state index contributed by atoms with van der Waals surface area (Å²) in [5.74, 6) is -0.262. The molecular formula is C19H24O4. The van der Waals surface area contributed by atoms with Gasteiger partial charge in [0.2, 0.25) is 0 Å². The summed E-state index contributed by atoms with van der Waals surface area (Å²) < 4.78 is 10.8. The van der Waals surface area contributed by atoms with Gasteiger partial charge in [-0.1, -0.05) is 31.2 Å². The van der Waals surface area contributed by atoms with Crippen LogP contribution in [0, 0.1) is 11.8 Å². The minimum Gasteiger partial charge on any atom is -0.460 e. The van der Waals surface area contributed by atoms with Crippen LogP contribution in [-0.4, -0.2) is 17.5 Å². The first kappa shape index (κ1) is 17.3. The van der Waals surface area contributed by atoms with E-state index in [0.717, 1.165) is 0 Å². The third kappa shape index (κ3) is 4.95. The summed E-state index contributed by atoms with van der Waals surface area (Å²) in [6, 6.07) is 8.99. The van der Waals surface area contributed by atoms with Crippen LogP contribution in [0.15, 0.2) is 42.0 Å². The van der Waals surface area contributed by atoms with Crippen LogP contribution >= 0.6 is 0 Å². The van der Waals surface area contributed by atoms with Crippen LogP contribution in [-0.2, 0) is 14.3 Å². The molecule has 0 saturated carbocycles. The monoisotopic (exact) mass is 316 g/mol. The number of carbonyl (C=O) groups is 2. The molecule has 124 valence electrons. The smallest absolute Gasteiger partial charge is 0.339 e. The van der Waals surface area contributed by atoms with Crippen molar-refractivity contribution in [3.8, 4) is 5.75 Å². The predicted octanol–water partition coefficient (Wildman–Crippen LogP) is 3.91. The number of ether oxygens (including phenoxy) is 2. The summed E-state index contributed by atoms with van der Waals surface area (Å²) in [5.41, 5.74) is 0.133. The van der Waals surface area contributed by atoms with Crippen molar-refractivity contribution < 1.29 is 19.1 Å². The van der Waals surface area contributed by atoms with E-state index in [1.54, 1.807) is 12.1 Å². The first-order chi connectivity index (χ1) is 10.8. The topological polar surface area (TPSA) is 52.6 Å². The zero-order chi connectivity index (χ0) is 17.0. The van der Waals surface area contributed by atoms with Gasteiger partial charge in [0.25, 0.3) is 0 Å². The van der Waals surface area contributed by atoms with Gasteiger partial charge >= 0.3 is 11.9 Å². The van der Waals surface area contributed by atoms with E-state index in [0.29, 0.717) is 24.2 Å². The molecule has 1 aliphatic rings. The average molecular weight is 316 g/mol. The van der Waals surface area contributed by atoms with E-state index in [4.69, 9.17) is 9.47 Å². The summed E-state index contributed by atoms with van der Waals surface area (Å²) in [5, 5.41) is 0. The number of rotatable bonds is 3. The lowest BCUT2D eigenvalue weighted by Gasteiger charge is -2.29. The molecule has 1 unspecified atom stereocenters. The maximum absolute atomic E-state index is 12.2. The van der Waals surface area contributed by atoms with Crippen LogP contribution in [0.3, 0.4) is 0 Å². The fourth-order valence-corrected chi connectivity index (χ4v) is 2.63. The molecule has 2 rings (SSSR count). The summed E-state index contributed by atoms with van der Waals surface area (Å²) in [6.07, 6.45) is 2.97. The van der Waals surface area contributed by atoms with E-state index >= 15 is 0 Å². The number of benzene rings is 1. The first-order valence-corrected chi connectivity index (χ1v) is 7.97. The Balaban J connectivity index is 2.00. The molecule has 0 amide bonds. The minimum absolute atomic E-state index is 0.0445. The zero-order valence-corrected chi connectivity index (χ0v) is 14.2. The van der Waals surface area contributed by atoms with Crippen LogP contribution in [0.25, 0.3) is 0 Å². The van der Waals surface area contributed by atoms with Crippen molar-refractivity contribution in [2.24, 2.45) is 11.8 Å². The van der Waals surface area contributed by atoms with Crippen LogP contribution in [0.5, 0.6) is 5.75 Å². The lowest BCUT2D eigenvalue weighted by atomic mass is 9.81. The molecule has 23 heavy (non-hydrogen) atoms. The lowest BCUT2D eigenvalue weighted by molar-refractivity contribution is -0.161. The third-order valence-electron chi connectivity index (χ3n) is 3.75. The number of allylic oxidation sites excluding steroid dienone is 1. The molecule has 2 atom stereocenters. The van der Waals surface area contributed by atoms with Crippen molar-refractivity contribution >= 4 is 11.9 Å². The molecule has 0 fully saturated rings. The van der Waals surface area contributed by atoms with Gasteiger partial charge in [0.15, 0.2) is 0 Å². The number of hydrogen-bond acceptors (Lipinski definition) is 4. The van der Waals surface area contributed by atoms with Gasteiger partial charge in [0, 0.05) is 5.57 Å². The molecule has 0 radical (unpaired) electrons. The highest BCUT2D eigenvalue weighted by atomic mass is 16.6. The van der Waals surface area contributed by atoms with E-state index < -0.39 is 5.60 Å². The van der Waals surface area contributed by atoms with Gasteiger partial charge in [-0.15, -0.1) is 0 Å². The summed E-state index contributed by atoms with van der Waals surface area (Å²) in [4.78, 5) is 24.4. The number of hydrogen-bond donors (Lipinski definition) is 0. The molecule has 4 heteroatoms. The number of carbonyl (C=O) groups excluding carboxylic acids is 2. The standard InChI is InChI=1S/C19H24O4/c1-13-12-14(17(20)22-15-8-6-5-7-9-15)10-11-16(13)18(21)23-19(2,3)4/h5-9,12-13,16H,10-11H2,1-4H3/t13-,16?/m0/s1. The largest absolute Gasteiger partial charge is 0.460 e. The van der Waals surface area contributed by atoms with Gasteiger partial charge < -0.3 is 9.47 Å². The molecule has 0 saturated heterocycles. The summed E-state index contributed by atoms with van der Waals surface area (Å²) in [7, 11) is 0. The first-order valence-electron chi connectivity index (χ1n) is 7.97. The second-order valence-electron chi connectivity index (χ2n) is 6.93. The Morgan fingerprint density at radius 1 is 1.13 bits per heavy atom. The highest BCUT2D eigenvalue weighted by Gasteiger charge is 2.33. The Hall–Kier alpha value is -2.10. The molecule has 0 spiro atoms. The van der Waals surface area contributed by atoms with Crippen molar-refractivity contribution in [1.29, 1.82) is 0 Å². The second kappa shape index (κ2) is 6.99. The summed E-state index contributed by atoms with van der Waals surface area (Å²) in [6.45, 7) is 7.51. The molecule has 0 N–H and O–H groups in total. The molecule has 0 bridgehead atoms. The Kier molecular flexibility index (Phi) is 5.24. The van der Waals surface area contributed by atoms with Crippen LogP contribution < -0.4 is 4.74 Å². The van der Waals surface area contributed by atoms with Crippen molar-refractivity contribution in [3.63, 3.8) is 0 Å². The Morgan fingerprint density at radius 2 is 1.78 bits per heavy atom. The van der Waals surface area contributed by atoms with Gasteiger partial charge in [0.05, 0.1) is 5.92 Å². The zero-order valence-electron chi connectivity index (χ0n) is 14.2. The Bertz CT molecular complexity index is 596. The van der Waals surface area contributed by atoms with Crippen LogP contribution in [0.2, 0.25) is 0 Å². The average Bonchev–Trinajstić information content (AvgIpc) is 2.46. The summed E-state index contributed by atoms with van der Waals surface area (Å²) >= 11 is 0. The van der Waals surface area contributed by atoms with Gasteiger partial charge in [-0.05, 0) is 51.7 Å². The normalized spacial score (nSPS) is 21.3. The quantitative estimate of drug-likeness (QED) is 0.627. The molecule has 0 heterocycles. The fourth-order valence-electron chi connectivity index (χ4n) is 2.63. The maximum atomic E-state index is 12.2. The SMILES string of the molecule is C[C@H]1C=C(C(=O)Oc2ccccc2)CCC1C(=O)OC(C)(C)C. The van der Waals surface area contributed by atoms with Crippen molar-refractivity contribution in [2.45, 2.75) is 46.1 Å². The number of esters is 2. The lowest BCUT2D eigenvalue weighted by Crippen LogP contribution is -2.33. The van der Waals surface area contributed by atoms with Crippen LogP contribution in [0.1, 0.15) is 40.5 Å².